The van der Waals surface area contributed by atoms with Gasteiger partial charge in [0, 0.05) is 18.4 Å². The molecule has 0 saturated carbocycles. The predicted molar refractivity (Wildman–Crippen MR) is 84.6 cm³/mol. The average Bonchev–Trinajstić information content (AvgIpc) is 2.36. The van der Waals surface area contributed by atoms with Gasteiger partial charge in [0.1, 0.15) is 0 Å². The van der Waals surface area contributed by atoms with E-state index in [1.807, 2.05) is 0 Å². The van der Waals surface area contributed by atoms with Gasteiger partial charge in [-0.15, -0.1) is 0 Å². The number of anilines is 2. The molecule has 19 heavy (non-hydrogen) atoms. The summed E-state index contributed by atoms with van der Waals surface area (Å²) in [5, 5.41) is 0. The maximum absolute atomic E-state index is 2.30. The van der Waals surface area contributed by atoms with E-state index in [9.17, 15) is 0 Å². The molecule has 0 N–H and O–H groups in total. The lowest BCUT2D eigenvalue weighted by molar-refractivity contribution is 1.14. The maximum atomic E-state index is 2.30. The van der Waals surface area contributed by atoms with Crippen LogP contribution in [0.2, 0.25) is 0 Å². The highest BCUT2D eigenvalue weighted by Crippen LogP contribution is 2.32. The molecule has 0 spiro atoms. The predicted octanol–water partition coefficient (Wildman–Crippen LogP) is 5.00. The summed E-state index contributed by atoms with van der Waals surface area (Å²) in [5.41, 5.74) is 9.29. The molecule has 0 atom stereocenters. The van der Waals surface area contributed by atoms with Gasteiger partial charge in [-0.05, 0) is 74.6 Å². The first-order chi connectivity index (χ1) is 8.91. The highest BCUT2D eigenvalue weighted by Gasteiger charge is 2.11. The standard InChI is InChI=1S/C18H23N/c1-12-8-7-9-17(16(12)5)19(6)18-11-14(3)13(2)10-15(18)4/h7-11H,1-6H3. The van der Waals surface area contributed by atoms with Crippen LogP contribution in [0.15, 0.2) is 30.3 Å². The Labute approximate surface area is 116 Å². The SMILES string of the molecule is Cc1cc(C)c(N(C)c2cccc(C)c2C)cc1C. The molecule has 1 nitrogen and oxygen atoms in total. The highest BCUT2D eigenvalue weighted by molar-refractivity contribution is 5.70. The number of nitrogens with zero attached hydrogens (tertiary/aromatic N) is 1. The lowest BCUT2D eigenvalue weighted by Crippen LogP contribution is -2.13. The zero-order valence-electron chi connectivity index (χ0n) is 12.8. The van der Waals surface area contributed by atoms with Gasteiger partial charge in [0.25, 0.3) is 0 Å². The minimum absolute atomic E-state index is 1.28. The van der Waals surface area contributed by atoms with Gasteiger partial charge in [-0.1, -0.05) is 18.2 Å². The molecule has 0 amide bonds. The molecule has 0 radical (unpaired) electrons. The van der Waals surface area contributed by atoms with E-state index in [0.29, 0.717) is 0 Å². The van der Waals surface area contributed by atoms with Crippen molar-refractivity contribution in [3.8, 4) is 0 Å². The number of benzene rings is 2. The normalized spacial score (nSPS) is 10.6. The zero-order valence-corrected chi connectivity index (χ0v) is 12.8. The van der Waals surface area contributed by atoms with Gasteiger partial charge in [-0.3, -0.25) is 0 Å². The van der Waals surface area contributed by atoms with E-state index in [4.69, 9.17) is 0 Å². The zero-order chi connectivity index (χ0) is 14.2. The van der Waals surface area contributed by atoms with Gasteiger partial charge >= 0.3 is 0 Å². The van der Waals surface area contributed by atoms with Crippen LogP contribution in [0.3, 0.4) is 0 Å². The quantitative estimate of drug-likeness (QED) is 0.728. The molecular weight excluding hydrogens is 230 g/mol. The van der Waals surface area contributed by atoms with Crippen molar-refractivity contribution in [2.45, 2.75) is 34.6 Å². The van der Waals surface area contributed by atoms with Crippen molar-refractivity contribution in [2.75, 3.05) is 11.9 Å². The molecule has 0 heterocycles. The molecule has 1 heteroatoms. The molecule has 0 aliphatic heterocycles. The second-order valence-corrected chi connectivity index (χ2v) is 5.50. The third-order valence-corrected chi connectivity index (χ3v) is 4.11. The van der Waals surface area contributed by atoms with Crippen LogP contribution in [0.25, 0.3) is 0 Å². The molecule has 0 fully saturated rings. The summed E-state index contributed by atoms with van der Waals surface area (Å²) in [6.07, 6.45) is 0. The monoisotopic (exact) mass is 253 g/mol. The Morgan fingerprint density at radius 1 is 0.684 bits per heavy atom. The first-order valence-electron chi connectivity index (χ1n) is 6.79. The summed E-state index contributed by atoms with van der Waals surface area (Å²) in [4.78, 5) is 2.30. The van der Waals surface area contributed by atoms with Gasteiger partial charge in [-0.2, -0.15) is 0 Å². The van der Waals surface area contributed by atoms with E-state index < -0.39 is 0 Å². The lowest BCUT2D eigenvalue weighted by Gasteiger charge is -2.25. The Morgan fingerprint density at radius 3 is 2.00 bits per heavy atom. The summed E-state index contributed by atoms with van der Waals surface area (Å²) in [6, 6.07) is 11.0. The van der Waals surface area contributed by atoms with Gasteiger partial charge < -0.3 is 4.90 Å². The molecule has 0 aromatic heterocycles. The summed E-state index contributed by atoms with van der Waals surface area (Å²) >= 11 is 0. The maximum Gasteiger partial charge on any atom is 0.0440 e. The van der Waals surface area contributed by atoms with Gasteiger partial charge in [0.05, 0.1) is 0 Å². The van der Waals surface area contributed by atoms with Crippen LogP contribution in [0.1, 0.15) is 27.8 Å². The van der Waals surface area contributed by atoms with Gasteiger partial charge in [0.2, 0.25) is 0 Å². The minimum Gasteiger partial charge on any atom is -0.344 e. The summed E-state index contributed by atoms with van der Waals surface area (Å²) < 4.78 is 0. The van der Waals surface area contributed by atoms with E-state index in [1.54, 1.807) is 0 Å². The number of aryl methyl sites for hydroxylation is 4. The van der Waals surface area contributed by atoms with E-state index in [1.165, 1.54) is 39.2 Å². The summed E-state index contributed by atoms with van der Waals surface area (Å²) in [7, 11) is 2.15. The molecule has 0 unspecified atom stereocenters. The topological polar surface area (TPSA) is 3.24 Å². The Kier molecular flexibility index (Phi) is 3.66. The molecule has 2 aromatic carbocycles. The van der Waals surface area contributed by atoms with E-state index >= 15 is 0 Å². The van der Waals surface area contributed by atoms with Crippen LogP contribution < -0.4 is 4.90 Å². The second-order valence-electron chi connectivity index (χ2n) is 5.50. The molecule has 100 valence electrons. The van der Waals surface area contributed by atoms with Crippen LogP contribution in [-0.2, 0) is 0 Å². The highest BCUT2D eigenvalue weighted by atomic mass is 15.1. The lowest BCUT2D eigenvalue weighted by atomic mass is 10.0. The number of hydrogen-bond donors (Lipinski definition) is 0. The van der Waals surface area contributed by atoms with Gasteiger partial charge in [-0.25, -0.2) is 0 Å². The third kappa shape index (κ3) is 2.51. The number of rotatable bonds is 2. The Bertz CT molecular complexity index is 611. The smallest absolute Gasteiger partial charge is 0.0440 e. The van der Waals surface area contributed by atoms with Crippen molar-refractivity contribution in [2.24, 2.45) is 0 Å². The van der Waals surface area contributed by atoms with Crippen molar-refractivity contribution in [3.63, 3.8) is 0 Å². The van der Waals surface area contributed by atoms with E-state index in [2.05, 4.69) is 76.9 Å². The summed E-state index contributed by atoms with van der Waals surface area (Å²) in [5.74, 6) is 0. The summed E-state index contributed by atoms with van der Waals surface area (Å²) in [6.45, 7) is 10.9. The van der Waals surface area contributed by atoms with Crippen LogP contribution in [-0.4, -0.2) is 7.05 Å². The molecule has 0 bridgehead atoms. The fourth-order valence-electron chi connectivity index (χ4n) is 2.54. The van der Waals surface area contributed by atoms with E-state index in [0.717, 1.165) is 0 Å². The Hall–Kier alpha value is -1.76. The first-order valence-corrected chi connectivity index (χ1v) is 6.79. The van der Waals surface area contributed by atoms with Crippen LogP contribution in [0.5, 0.6) is 0 Å². The first kappa shape index (κ1) is 13.7. The molecule has 2 aromatic rings. The third-order valence-electron chi connectivity index (χ3n) is 4.11. The Balaban J connectivity index is 2.53. The van der Waals surface area contributed by atoms with Crippen LogP contribution >= 0.6 is 0 Å². The van der Waals surface area contributed by atoms with Crippen molar-refractivity contribution in [1.29, 1.82) is 0 Å². The van der Waals surface area contributed by atoms with E-state index in [-0.39, 0.29) is 0 Å². The minimum atomic E-state index is 1.28. The fourth-order valence-corrected chi connectivity index (χ4v) is 2.54. The second kappa shape index (κ2) is 5.08. The largest absolute Gasteiger partial charge is 0.344 e. The van der Waals surface area contributed by atoms with Crippen LogP contribution in [0.4, 0.5) is 11.4 Å². The molecule has 0 aliphatic carbocycles. The Morgan fingerprint density at radius 2 is 1.32 bits per heavy atom. The van der Waals surface area contributed by atoms with Crippen LogP contribution in [0, 0.1) is 34.6 Å². The number of hydrogen-bond acceptors (Lipinski definition) is 1. The molecule has 0 aliphatic rings. The molecular formula is C18H23N. The molecule has 0 saturated heterocycles. The van der Waals surface area contributed by atoms with Crippen molar-refractivity contribution < 1.29 is 0 Å². The van der Waals surface area contributed by atoms with Crippen molar-refractivity contribution in [3.05, 3.63) is 58.1 Å². The fraction of sp³-hybridized carbons (Fsp3) is 0.333. The van der Waals surface area contributed by atoms with Crippen molar-refractivity contribution >= 4 is 11.4 Å². The van der Waals surface area contributed by atoms with Gasteiger partial charge in [0.15, 0.2) is 0 Å². The van der Waals surface area contributed by atoms with Crippen molar-refractivity contribution in [1.82, 2.24) is 0 Å². The molecule has 2 rings (SSSR count). The average molecular weight is 253 g/mol.